The van der Waals surface area contributed by atoms with Crippen molar-refractivity contribution < 1.29 is 4.74 Å². The number of halogens is 1. The Morgan fingerprint density at radius 2 is 2.10 bits per heavy atom. The number of ether oxygens (including phenoxy) is 1. The van der Waals surface area contributed by atoms with Gasteiger partial charge in [0.1, 0.15) is 0 Å². The lowest BCUT2D eigenvalue weighted by Gasteiger charge is -2.20. The molecule has 2 nitrogen and oxygen atoms in total. The smallest absolute Gasteiger partial charge is 0.0979 e. The van der Waals surface area contributed by atoms with Gasteiger partial charge in [-0.1, -0.05) is 22.6 Å². The van der Waals surface area contributed by atoms with Gasteiger partial charge in [0.25, 0.3) is 0 Å². The van der Waals surface area contributed by atoms with Gasteiger partial charge in [-0.3, -0.25) is 0 Å². The fourth-order valence-corrected chi connectivity index (χ4v) is 0.833. The van der Waals surface area contributed by atoms with Crippen LogP contribution in [0.5, 0.6) is 0 Å². The van der Waals surface area contributed by atoms with Crippen LogP contribution in [0, 0.1) is 0 Å². The monoisotopic (exact) mass is 257 g/mol. The van der Waals surface area contributed by atoms with E-state index in [1.54, 1.807) is 0 Å². The number of nitrogens with zero attached hydrogens (tertiary/aromatic N) is 1. The highest BCUT2D eigenvalue weighted by Crippen LogP contribution is 1.93. The first kappa shape index (κ1) is 10.7. The number of alkyl halides is 1. The van der Waals surface area contributed by atoms with Crippen molar-refractivity contribution in [3.63, 3.8) is 0 Å². The average molecular weight is 257 g/mol. The zero-order valence-corrected chi connectivity index (χ0v) is 9.09. The minimum Gasteiger partial charge on any atom is -0.370 e. The maximum Gasteiger partial charge on any atom is 0.0979 e. The molecular formula is C7H16INO. The van der Waals surface area contributed by atoms with Crippen molar-refractivity contribution in [2.75, 3.05) is 24.8 Å². The topological polar surface area (TPSA) is 12.5 Å². The first-order valence-corrected chi connectivity index (χ1v) is 5.05. The molecule has 0 rings (SSSR count). The summed E-state index contributed by atoms with van der Waals surface area (Å²) in [4.78, 5) is 2.27. The molecule has 0 heterocycles. The fourth-order valence-electron chi connectivity index (χ4n) is 0.521. The molecule has 0 aromatic heterocycles. The van der Waals surface area contributed by atoms with Crippen LogP contribution in [0.25, 0.3) is 0 Å². The lowest BCUT2D eigenvalue weighted by atomic mass is 10.3. The number of hydrogen-bond donors (Lipinski definition) is 0. The third-order valence-electron chi connectivity index (χ3n) is 1.55. The number of hydrogen-bond acceptors (Lipinski definition) is 2. The molecule has 0 bridgehead atoms. The quantitative estimate of drug-likeness (QED) is 0.422. The lowest BCUT2D eigenvalue weighted by molar-refractivity contribution is 0.142. The minimum atomic E-state index is 0.623. The van der Waals surface area contributed by atoms with Gasteiger partial charge in [-0.25, -0.2) is 0 Å². The van der Waals surface area contributed by atoms with E-state index in [1.165, 1.54) is 0 Å². The summed E-state index contributed by atoms with van der Waals surface area (Å²) in [6, 6.07) is 0.623. The van der Waals surface area contributed by atoms with E-state index in [1.807, 2.05) is 0 Å². The SMILES string of the molecule is CC(C)N(C)CCOCI. The van der Waals surface area contributed by atoms with Crippen molar-refractivity contribution in [2.24, 2.45) is 0 Å². The van der Waals surface area contributed by atoms with Gasteiger partial charge >= 0.3 is 0 Å². The molecule has 0 saturated carbocycles. The summed E-state index contributed by atoms with van der Waals surface area (Å²) in [5.41, 5.74) is 0. The van der Waals surface area contributed by atoms with Crippen LogP contribution in [0.1, 0.15) is 13.8 Å². The van der Waals surface area contributed by atoms with E-state index >= 15 is 0 Å². The molecule has 62 valence electrons. The molecule has 0 N–H and O–H groups in total. The van der Waals surface area contributed by atoms with Gasteiger partial charge in [-0.2, -0.15) is 0 Å². The van der Waals surface area contributed by atoms with Crippen LogP contribution >= 0.6 is 22.6 Å². The van der Waals surface area contributed by atoms with Gasteiger partial charge in [0.15, 0.2) is 0 Å². The Morgan fingerprint density at radius 1 is 1.50 bits per heavy atom. The Labute approximate surface area is 77.1 Å². The summed E-state index contributed by atoms with van der Waals surface area (Å²) in [5.74, 6) is 0. The second-order valence-electron chi connectivity index (χ2n) is 2.59. The second kappa shape index (κ2) is 6.37. The van der Waals surface area contributed by atoms with Crippen LogP contribution in [0.2, 0.25) is 0 Å². The number of rotatable bonds is 5. The molecule has 0 unspecified atom stereocenters. The van der Waals surface area contributed by atoms with Crippen LogP contribution in [-0.2, 0) is 4.74 Å². The van der Waals surface area contributed by atoms with Crippen LogP contribution < -0.4 is 0 Å². The summed E-state index contributed by atoms with van der Waals surface area (Å²) in [5, 5.41) is 0. The zero-order chi connectivity index (χ0) is 7.98. The van der Waals surface area contributed by atoms with E-state index in [9.17, 15) is 0 Å². The van der Waals surface area contributed by atoms with E-state index in [-0.39, 0.29) is 0 Å². The maximum absolute atomic E-state index is 5.20. The first-order valence-electron chi connectivity index (χ1n) is 3.52. The molecule has 0 amide bonds. The van der Waals surface area contributed by atoms with Crippen molar-refractivity contribution >= 4 is 22.6 Å². The van der Waals surface area contributed by atoms with E-state index in [4.69, 9.17) is 4.74 Å². The molecule has 0 atom stereocenters. The van der Waals surface area contributed by atoms with Crippen LogP contribution in [-0.4, -0.2) is 35.8 Å². The lowest BCUT2D eigenvalue weighted by Crippen LogP contribution is -2.29. The highest BCUT2D eigenvalue weighted by atomic mass is 127. The molecule has 0 aromatic rings. The van der Waals surface area contributed by atoms with Gasteiger partial charge in [-0.15, -0.1) is 0 Å². The molecule has 0 aliphatic heterocycles. The van der Waals surface area contributed by atoms with E-state index in [0.29, 0.717) is 6.04 Å². The average Bonchev–Trinajstić information content (AvgIpc) is 1.88. The fraction of sp³-hybridized carbons (Fsp3) is 1.00. The normalized spacial score (nSPS) is 11.4. The van der Waals surface area contributed by atoms with E-state index < -0.39 is 0 Å². The molecule has 0 radical (unpaired) electrons. The third kappa shape index (κ3) is 5.44. The van der Waals surface area contributed by atoms with Gasteiger partial charge in [-0.05, 0) is 20.9 Å². The Bertz CT molecular complexity index is 78.0. The van der Waals surface area contributed by atoms with Gasteiger partial charge in [0, 0.05) is 12.6 Å². The van der Waals surface area contributed by atoms with Gasteiger partial charge in [0.2, 0.25) is 0 Å². The molecular weight excluding hydrogens is 241 g/mol. The predicted molar refractivity (Wildman–Crippen MR) is 52.6 cm³/mol. The van der Waals surface area contributed by atoms with Gasteiger partial charge < -0.3 is 9.64 Å². The zero-order valence-electron chi connectivity index (χ0n) is 6.93. The first-order chi connectivity index (χ1) is 4.68. The Balaban J connectivity index is 3.13. The summed E-state index contributed by atoms with van der Waals surface area (Å²) >= 11 is 2.21. The van der Waals surface area contributed by atoms with Crippen molar-refractivity contribution in [2.45, 2.75) is 19.9 Å². The molecule has 0 spiro atoms. The molecule has 0 saturated heterocycles. The van der Waals surface area contributed by atoms with Crippen molar-refractivity contribution in [3.8, 4) is 0 Å². The summed E-state index contributed by atoms with van der Waals surface area (Å²) in [7, 11) is 2.11. The highest BCUT2D eigenvalue weighted by molar-refractivity contribution is 14.1. The maximum atomic E-state index is 5.20. The largest absolute Gasteiger partial charge is 0.370 e. The molecule has 10 heavy (non-hydrogen) atoms. The van der Waals surface area contributed by atoms with Gasteiger partial charge in [0.05, 0.1) is 11.2 Å². The summed E-state index contributed by atoms with van der Waals surface area (Å²) < 4.78 is 5.99. The Kier molecular flexibility index (Phi) is 6.78. The number of likely N-dealkylation sites (N-methyl/N-ethyl adjacent to an activating group) is 1. The van der Waals surface area contributed by atoms with Crippen LogP contribution in [0.4, 0.5) is 0 Å². The van der Waals surface area contributed by atoms with Crippen LogP contribution in [0.15, 0.2) is 0 Å². The predicted octanol–water partition coefficient (Wildman–Crippen LogP) is 1.74. The summed E-state index contributed by atoms with van der Waals surface area (Å²) in [6.45, 7) is 6.24. The molecule has 3 heteroatoms. The summed E-state index contributed by atoms with van der Waals surface area (Å²) in [6.07, 6.45) is 0. The second-order valence-corrected chi connectivity index (χ2v) is 3.21. The van der Waals surface area contributed by atoms with E-state index in [2.05, 4.69) is 48.4 Å². The van der Waals surface area contributed by atoms with Crippen LogP contribution in [0.3, 0.4) is 0 Å². The molecule has 0 aromatic carbocycles. The van der Waals surface area contributed by atoms with Crippen molar-refractivity contribution in [1.29, 1.82) is 0 Å². The van der Waals surface area contributed by atoms with Crippen molar-refractivity contribution in [1.82, 2.24) is 4.90 Å². The molecule has 0 fully saturated rings. The van der Waals surface area contributed by atoms with E-state index in [0.717, 1.165) is 17.8 Å². The Morgan fingerprint density at radius 3 is 2.50 bits per heavy atom. The Hall–Kier alpha value is 0.650. The van der Waals surface area contributed by atoms with Crippen molar-refractivity contribution in [3.05, 3.63) is 0 Å². The molecule has 0 aliphatic rings. The molecule has 0 aliphatic carbocycles. The highest BCUT2D eigenvalue weighted by Gasteiger charge is 2.00. The minimum absolute atomic E-state index is 0.623. The standard InChI is InChI=1S/C7H16INO/c1-7(2)9(3)4-5-10-6-8/h7H,4-6H2,1-3H3. The third-order valence-corrected chi connectivity index (χ3v) is 1.99.